The molecular formula is C60H36N2. The zero-order chi connectivity index (χ0) is 40.5. The molecule has 2 heteroatoms. The van der Waals surface area contributed by atoms with E-state index >= 15 is 0 Å². The van der Waals surface area contributed by atoms with Crippen LogP contribution in [-0.2, 0) is 0 Å². The number of fused-ring (bicyclic) bond motifs is 12. The third-order valence-corrected chi connectivity index (χ3v) is 13.6. The zero-order valence-corrected chi connectivity index (χ0v) is 33.7. The van der Waals surface area contributed by atoms with Gasteiger partial charge in [0.15, 0.2) is 0 Å². The Morgan fingerprint density at radius 1 is 0.258 bits per heavy atom. The summed E-state index contributed by atoms with van der Waals surface area (Å²) < 4.78 is 4.91. The van der Waals surface area contributed by atoms with Gasteiger partial charge in [-0.15, -0.1) is 0 Å². The Morgan fingerprint density at radius 2 is 0.806 bits per heavy atom. The van der Waals surface area contributed by atoms with Crippen LogP contribution in [0.1, 0.15) is 0 Å². The summed E-state index contributed by atoms with van der Waals surface area (Å²) in [7, 11) is 0. The van der Waals surface area contributed by atoms with E-state index in [-0.39, 0.29) is 0 Å². The lowest BCUT2D eigenvalue weighted by molar-refractivity contribution is 1.18. The van der Waals surface area contributed by atoms with Gasteiger partial charge in [0.1, 0.15) is 0 Å². The molecule has 0 saturated heterocycles. The molecule has 0 amide bonds. The molecule has 2 aromatic heterocycles. The Kier molecular flexibility index (Phi) is 6.86. The Bertz CT molecular complexity index is 4020. The normalized spacial score (nSPS) is 12.2. The van der Waals surface area contributed by atoms with Crippen LogP contribution in [0.2, 0.25) is 0 Å². The summed E-state index contributed by atoms with van der Waals surface area (Å²) in [5.74, 6) is 0. The van der Waals surface area contributed by atoms with Crippen molar-refractivity contribution >= 4 is 75.9 Å². The van der Waals surface area contributed by atoms with Gasteiger partial charge in [-0.25, -0.2) is 0 Å². The van der Waals surface area contributed by atoms with E-state index < -0.39 is 0 Å². The molecule has 14 rings (SSSR count). The summed E-state index contributed by atoms with van der Waals surface area (Å²) in [4.78, 5) is 0. The second-order valence-corrected chi connectivity index (χ2v) is 16.8. The van der Waals surface area contributed by atoms with E-state index in [1.54, 1.807) is 0 Å². The van der Waals surface area contributed by atoms with Gasteiger partial charge in [0, 0.05) is 38.0 Å². The van der Waals surface area contributed by atoms with Crippen molar-refractivity contribution in [2.45, 2.75) is 0 Å². The van der Waals surface area contributed by atoms with Crippen molar-refractivity contribution in [3.63, 3.8) is 0 Å². The van der Waals surface area contributed by atoms with E-state index in [2.05, 4.69) is 228 Å². The van der Waals surface area contributed by atoms with Crippen LogP contribution >= 0.6 is 0 Å². The first-order chi connectivity index (χ1) is 30.7. The van der Waals surface area contributed by atoms with Gasteiger partial charge in [0.05, 0.1) is 27.8 Å². The fourth-order valence-corrected chi connectivity index (χ4v) is 10.8. The van der Waals surface area contributed by atoms with Crippen molar-refractivity contribution < 1.29 is 0 Å². The highest BCUT2D eigenvalue weighted by molar-refractivity contribution is 6.20. The van der Waals surface area contributed by atoms with E-state index in [1.807, 2.05) is 0 Å². The highest BCUT2D eigenvalue weighted by Crippen LogP contribution is 2.48. The number of aromatic nitrogens is 2. The number of para-hydroxylation sites is 1. The van der Waals surface area contributed by atoms with Gasteiger partial charge in [-0.3, -0.25) is 0 Å². The Labute approximate surface area is 357 Å². The van der Waals surface area contributed by atoms with E-state index in [4.69, 9.17) is 0 Å². The minimum absolute atomic E-state index is 1.15. The van der Waals surface area contributed by atoms with Gasteiger partial charge in [-0.1, -0.05) is 164 Å². The zero-order valence-electron chi connectivity index (χ0n) is 33.7. The predicted octanol–water partition coefficient (Wildman–Crippen LogP) is 16.3. The molecule has 0 saturated carbocycles. The van der Waals surface area contributed by atoms with Gasteiger partial charge in [-0.2, -0.15) is 0 Å². The molecule has 0 N–H and O–H groups in total. The maximum atomic E-state index is 2.49. The van der Waals surface area contributed by atoms with E-state index in [9.17, 15) is 0 Å². The number of hydrogen-bond acceptors (Lipinski definition) is 0. The molecule has 286 valence electrons. The van der Waals surface area contributed by atoms with Gasteiger partial charge in [-0.05, 0) is 121 Å². The van der Waals surface area contributed by atoms with Crippen LogP contribution in [0.4, 0.5) is 0 Å². The van der Waals surface area contributed by atoms with Crippen LogP contribution in [-0.4, -0.2) is 9.13 Å². The molecule has 0 atom stereocenters. The van der Waals surface area contributed by atoms with Crippen LogP contribution < -0.4 is 0 Å². The molecule has 1 aliphatic rings. The van der Waals surface area contributed by atoms with Crippen LogP contribution in [0.15, 0.2) is 218 Å². The smallest absolute Gasteiger partial charge is 0.0619 e. The Hall–Kier alpha value is -8.20. The van der Waals surface area contributed by atoms with Crippen molar-refractivity contribution in [2.75, 3.05) is 0 Å². The maximum absolute atomic E-state index is 2.49. The number of hydrogen-bond donors (Lipinski definition) is 0. The van der Waals surface area contributed by atoms with E-state index in [1.165, 1.54) is 126 Å². The second-order valence-electron chi connectivity index (χ2n) is 16.8. The van der Waals surface area contributed by atoms with Gasteiger partial charge < -0.3 is 9.13 Å². The summed E-state index contributed by atoms with van der Waals surface area (Å²) in [6, 6.07) is 81.0. The number of rotatable bonds is 4. The molecule has 2 nitrogen and oxygen atoms in total. The Morgan fingerprint density at radius 3 is 1.60 bits per heavy atom. The highest BCUT2D eigenvalue weighted by atomic mass is 15.0. The molecule has 0 fully saturated rings. The standard InChI is InChI=1S/C60H36N2/c1-3-15-45-38(10-1)12-9-21-55(45)62-58-33-27-43(36-54(58)51-31-24-39-11-2-4-16-46(39)60(51)62)42-26-32-57-53(35-42)48-17-5-6-20-56(48)61(57)44-28-22-37(23-29-44)41-25-30-47-49-18-7-13-40-14-8-19-50(59(40)49)52(47)34-41/h1-36H. The van der Waals surface area contributed by atoms with Crippen molar-refractivity contribution in [3.05, 3.63) is 218 Å². The van der Waals surface area contributed by atoms with Crippen molar-refractivity contribution in [1.29, 1.82) is 0 Å². The predicted molar refractivity (Wildman–Crippen MR) is 263 cm³/mol. The lowest BCUT2D eigenvalue weighted by Gasteiger charge is -2.13. The fraction of sp³-hybridized carbons (Fsp3) is 0. The third-order valence-electron chi connectivity index (χ3n) is 13.6. The lowest BCUT2D eigenvalue weighted by atomic mass is 9.97. The molecule has 1 aliphatic carbocycles. The van der Waals surface area contributed by atoms with Crippen LogP contribution in [0.25, 0.3) is 132 Å². The highest BCUT2D eigenvalue weighted by Gasteiger charge is 2.22. The average molecular weight is 785 g/mol. The Balaban J connectivity index is 0.890. The molecule has 2 heterocycles. The molecule has 11 aromatic carbocycles. The molecular weight excluding hydrogens is 749 g/mol. The number of nitrogens with zero attached hydrogens (tertiary/aromatic N) is 2. The molecule has 0 spiro atoms. The first-order valence-electron chi connectivity index (χ1n) is 21.5. The fourth-order valence-electron chi connectivity index (χ4n) is 10.8. The minimum atomic E-state index is 1.15. The van der Waals surface area contributed by atoms with Crippen molar-refractivity contribution in [2.24, 2.45) is 0 Å². The van der Waals surface area contributed by atoms with Gasteiger partial charge in [0.25, 0.3) is 0 Å². The average Bonchev–Trinajstić information content (AvgIpc) is 3.97. The van der Waals surface area contributed by atoms with Crippen LogP contribution in [0, 0.1) is 0 Å². The summed E-state index contributed by atoms with van der Waals surface area (Å²) >= 11 is 0. The second kappa shape index (κ2) is 12.7. The SMILES string of the molecule is c1ccc2c(-n3c4ccc(-c5ccc6c(c5)c5ccccc5n6-c5ccc(-c6ccc7c(c6)-c6cccc8cccc-7c68)cc5)cc4c4ccc5ccccc5c43)cccc2c1. The summed E-state index contributed by atoms with van der Waals surface area (Å²) in [5, 5.41) is 12.7. The van der Waals surface area contributed by atoms with E-state index in [0.717, 1.165) is 5.69 Å². The number of benzene rings is 11. The third kappa shape index (κ3) is 4.69. The first-order valence-corrected chi connectivity index (χ1v) is 21.5. The molecule has 0 bridgehead atoms. The molecule has 0 radical (unpaired) electrons. The first kappa shape index (κ1) is 33.6. The summed E-state index contributed by atoms with van der Waals surface area (Å²) in [6.45, 7) is 0. The summed E-state index contributed by atoms with van der Waals surface area (Å²) in [5.41, 5.74) is 17.4. The minimum Gasteiger partial charge on any atom is -0.309 e. The summed E-state index contributed by atoms with van der Waals surface area (Å²) in [6.07, 6.45) is 0. The molecule has 0 aliphatic heterocycles. The molecule has 62 heavy (non-hydrogen) atoms. The van der Waals surface area contributed by atoms with Gasteiger partial charge >= 0.3 is 0 Å². The maximum Gasteiger partial charge on any atom is 0.0619 e. The lowest BCUT2D eigenvalue weighted by Crippen LogP contribution is -1.96. The quantitative estimate of drug-likeness (QED) is 0.168. The van der Waals surface area contributed by atoms with Gasteiger partial charge in [0.2, 0.25) is 0 Å². The largest absolute Gasteiger partial charge is 0.309 e. The topological polar surface area (TPSA) is 9.86 Å². The van der Waals surface area contributed by atoms with E-state index in [0.29, 0.717) is 0 Å². The monoisotopic (exact) mass is 784 g/mol. The van der Waals surface area contributed by atoms with Crippen LogP contribution in [0.5, 0.6) is 0 Å². The molecule has 13 aromatic rings. The van der Waals surface area contributed by atoms with Crippen molar-refractivity contribution in [3.8, 4) is 55.9 Å². The van der Waals surface area contributed by atoms with Crippen molar-refractivity contribution in [1.82, 2.24) is 9.13 Å². The van der Waals surface area contributed by atoms with Crippen LogP contribution in [0.3, 0.4) is 0 Å². The molecule has 0 unspecified atom stereocenters.